The van der Waals surface area contributed by atoms with Crippen LogP contribution in [0.1, 0.15) is 42.1 Å². The molecule has 0 aromatic heterocycles. The van der Waals surface area contributed by atoms with Crippen molar-refractivity contribution in [1.82, 2.24) is 4.90 Å². The number of ether oxygens (including phenoxy) is 1. The third kappa shape index (κ3) is 2.28. The fourth-order valence-corrected chi connectivity index (χ4v) is 2.02. The second kappa shape index (κ2) is 4.78. The molecular formula is C14H19NO2. The summed E-state index contributed by atoms with van der Waals surface area (Å²) >= 11 is 0. The predicted octanol–water partition coefficient (Wildman–Crippen LogP) is 2.66. The quantitative estimate of drug-likeness (QED) is 0.803. The van der Waals surface area contributed by atoms with Gasteiger partial charge in [0, 0.05) is 18.7 Å². The maximum absolute atomic E-state index is 12.1. The Kier molecular flexibility index (Phi) is 3.36. The van der Waals surface area contributed by atoms with Crippen LogP contribution in [0.15, 0.2) is 18.2 Å². The van der Waals surface area contributed by atoms with Gasteiger partial charge in [-0.3, -0.25) is 4.79 Å². The Hall–Kier alpha value is -1.51. The molecule has 3 heteroatoms. The van der Waals surface area contributed by atoms with E-state index in [2.05, 4.69) is 13.8 Å². The van der Waals surface area contributed by atoms with Crippen molar-refractivity contribution >= 4 is 5.91 Å². The van der Waals surface area contributed by atoms with Gasteiger partial charge in [-0.05, 0) is 36.1 Å². The summed E-state index contributed by atoms with van der Waals surface area (Å²) in [5, 5.41) is 0. The van der Waals surface area contributed by atoms with E-state index in [-0.39, 0.29) is 5.91 Å². The van der Waals surface area contributed by atoms with Gasteiger partial charge in [0.2, 0.25) is 0 Å². The normalized spacial score (nSPS) is 14.7. The van der Waals surface area contributed by atoms with Crippen molar-refractivity contribution in [1.29, 1.82) is 0 Å². The molecule has 0 radical (unpaired) electrons. The minimum absolute atomic E-state index is 0.140. The number of methoxy groups -OCH3 is 1. The van der Waals surface area contributed by atoms with Gasteiger partial charge < -0.3 is 9.64 Å². The molecule has 0 saturated carbocycles. The average molecular weight is 233 g/mol. The van der Waals surface area contributed by atoms with E-state index in [1.807, 2.05) is 23.1 Å². The van der Waals surface area contributed by atoms with Crippen LogP contribution in [0.4, 0.5) is 0 Å². The fraction of sp³-hybridized carbons (Fsp3) is 0.500. The van der Waals surface area contributed by atoms with Crippen LogP contribution in [0.5, 0.6) is 5.75 Å². The highest BCUT2D eigenvalue weighted by atomic mass is 16.5. The van der Waals surface area contributed by atoms with Gasteiger partial charge in [0.15, 0.2) is 0 Å². The molecule has 2 rings (SSSR count). The van der Waals surface area contributed by atoms with Crippen LogP contribution < -0.4 is 4.74 Å². The van der Waals surface area contributed by atoms with E-state index in [0.717, 1.165) is 36.4 Å². The lowest BCUT2D eigenvalue weighted by Gasteiger charge is -2.31. The number of rotatable bonds is 3. The summed E-state index contributed by atoms with van der Waals surface area (Å²) in [6.07, 6.45) is 1.12. The van der Waals surface area contributed by atoms with Crippen molar-refractivity contribution in [2.24, 2.45) is 0 Å². The Morgan fingerprint density at radius 2 is 2.06 bits per heavy atom. The van der Waals surface area contributed by atoms with Crippen LogP contribution in [0.25, 0.3) is 0 Å². The lowest BCUT2D eigenvalue weighted by molar-refractivity contribution is 0.0651. The van der Waals surface area contributed by atoms with Crippen molar-refractivity contribution in [3.05, 3.63) is 29.3 Å². The summed E-state index contributed by atoms with van der Waals surface area (Å²) in [6, 6.07) is 5.71. The zero-order valence-electron chi connectivity index (χ0n) is 10.7. The number of benzene rings is 1. The molecule has 92 valence electrons. The molecule has 0 bridgehead atoms. The van der Waals surface area contributed by atoms with Crippen LogP contribution in [-0.2, 0) is 0 Å². The SMILES string of the molecule is COc1ccc(C(=O)N2CCC2)cc1C(C)C. The summed E-state index contributed by atoms with van der Waals surface area (Å²) in [5.41, 5.74) is 1.87. The van der Waals surface area contributed by atoms with Crippen LogP contribution in [0.2, 0.25) is 0 Å². The van der Waals surface area contributed by atoms with Gasteiger partial charge in [-0.25, -0.2) is 0 Å². The molecule has 0 unspecified atom stereocenters. The number of hydrogen-bond acceptors (Lipinski definition) is 2. The molecule has 1 saturated heterocycles. The van der Waals surface area contributed by atoms with Crippen molar-refractivity contribution in [3.8, 4) is 5.75 Å². The summed E-state index contributed by atoms with van der Waals surface area (Å²) in [4.78, 5) is 14.0. The van der Waals surface area contributed by atoms with E-state index in [9.17, 15) is 4.79 Å². The van der Waals surface area contributed by atoms with Gasteiger partial charge in [0.1, 0.15) is 5.75 Å². The van der Waals surface area contributed by atoms with Crippen molar-refractivity contribution in [2.45, 2.75) is 26.2 Å². The van der Waals surface area contributed by atoms with E-state index >= 15 is 0 Å². The predicted molar refractivity (Wildman–Crippen MR) is 67.6 cm³/mol. The summed E-state index contributed by atoms with van der Waals surface area (Å²) in [7, 11) is 1.66. The van der Waals surface area contributed by atoms with Crippen molar-refractivity contribution < 1.29 is 9.53 Å². The Bertz CT molecular complexity index is 422. The van der Waals surface area contributed by atoms with E-state index in [1.165, 1.54) is 0 Å². The van der Waals surface area contributed by atoms with E-state index < -0.39 is 0 Å². The first kappa shape index (κ1) is 12.0. The molecule has 0 aliphatic carbocycles. The fourth-order valence-electron chi connectivity index (χ4n) is 2.02. The van der Waals surface area contributed by atoms with Gasteiger partial charge in [-0.1, -0.05) is 13.8 Å². The van der Waals surface area contributed by atoms with E-state index in [4.69, 9.17) is 4.74 Å². The number of hydrogen-bond donors (Lipinski definition) is 0. The molecule has 1 aromatic rings. The minimum atomic E-state index is 0.140. The molecule has 1 aromatic carbocycles. The first-order valence-electron chi connectivity index (χ1n) is 6.10. The smallest absolute Gasteiger partial charge is 0.253 e. The molecule has 1 aliphatic heterocycles. The van der Waals surface area contributed by atoms with Crippen molar-refractivity contribution in [2.75, 3.05) is 20.2 Å². The molecule has 3 nitrogen and oxygen atoms in total. The van der Waals surface area contributed by atoms with Gasteiger partial charge >= 0.3 is 0 Å². The molecule has 1 fully saturated rings. The molecule has 0 N–H and O–H groups in total. The summed E-state index contributed by atoms with van der Waals surface area (Å²) < 4.78 is 5.32. The molecule has 0 atom stereocenters. The van der Waals surface area contributed by atoms with Crippen LogP contribution in [0, 0.1) is 0 Å². The lowest BCUT2D eigenvalue weighted by atomic mass is 9.98. The standard InChI is InChI=1S/C14H19NO2/c1-10(2)12-9-11(5-6-13(12)17-3)14(16)15-7-4-8-15/h5-6,9-10H,4,7-8H2,1-3H3. The van der Waals surface area contributed by atoms with Crippen LogP contribution in [0.3, 0.4) is 0 Å². The molecule has 1 heterocycles. The van der Waals surface area contributed by atoms with E-state index in [0.29, 0.717) is 5.92 Å². The minimum Gasteiger partial charge on any atom is -0.496 e. The molecule has 1 amide bonds. The zero-order chi connectivity index (χ0) is 12.4. The Morgan fingerprint density at radius 3 is 2.53 bits per heavy atom. The maximum atomic E-state index is 12.1. The monoisotopic (exact) mass is 233 g/mol. The van der Waals surface area contributed by atoms with E-state index in [1.54, 1.807) is 7.11 Å². The number of nitrogens with zero attached hydrogens (tertiary/aromatic N) is 1. The first-order chi connectivity index (χ1) is 8.13. The lowest BCUT2D eigenvalue weighted by Crippen LogP contribution is -2.42. The highest BCUT2D eigenvalue weighted by Gasteiger charge is 2.22. The van der Waals surface area contributed by atoms with Crippen molar-refractivity contribution in [3.63, 3.8) is 0 Å². The first-order valence-corrected chi connectivity index (χ1v) is 6.10. The number of carbonyl (C=O) groups is 1. The van der Waals surface area contributed by atoms with Gasteiger partial charge in [-0.15, -0.1) is 0 Å². The third-order valence-corrected chi connectivity index (χ3v) is 3.24. The maximum Gasteiger partial charge on any atom is 0.253 e. The molecule has 1 aliphatic rings. The van der Waals surface area contributed by atoms with Gasteiger partial charge in [-0.2, -0.15) is 0 Å². The highest BCUT2D eigenvalue weighted by Crippen LogP contribution is 2.28. The molecule has 0 spiro atoms. The topological polar surface area (TPSA) is 29.5 Å². The Labute approximate surface area is 102 Å². The number of amides is 1. The largest absolute Gasteiger partial charge is 0.496 e. The second-order valence-electron chi connectivity index (χ2n) is 4.76. The average Bonchev–Trinajstić information content (AvgIpc) is 2.25. The van der Waals surface area contributed by atoms with Crippen LogP contribution >= 0.6 is 0 Å². The van der Waals surface area contributed by atoms with Gasteiger partial charge in [0.05, 0.1) is 7.11 Å². The summed E-state index contributed by atoms with van der Waals surface area (Å²) in [5.74, 6) is 1.36. The number of likely N-dealkylation sites (tertiary alicyclic amines) is 1. The molecule has 17 heavy (non-hydrogen) atoms. The molecular weight excluding hydrogens is 214 g/mol. The van der Waals surface area contributed by atoms with Gasteiger partial charge in [0.25, 0.3) is 5.91 Å². The Balaban J connectivity index is 2.29. The summed E-state index contributed by atoms with van der Waals surface area (Å²) in [6.45, 7) is 6.00. The van der Waals surface area contributed by atoms with Crippen LogP contribution in [-0.4, -0.2) is 31.0 Å². The Morgan fingerprint density at radius 1 is 1.35 bits per heavy atom. The third-order valence-electron chi connectivity index (χ3n) is 3.24. The highest BCUT2D eigenvalue weighted by molar-refractivity contribution is 5.95. The zero-order valence-corrected chi connectivity index (χ0v) is 10.7. The second-order valence-corrected chi connectivity index (χ2v) is 4.76. The number of carbonyl (C=O) groups excluding carboxylic acids is 1.